The topological polar surface area (TPSA) is 92.0 Å². The summed E-state index contributed by atoms with van der Waals surface area (Å²) in [5, 5.41) is 22.2. The zero-order valence-corrected chi connectivity index (χ0v) is 21.1. The van der Waals surface area contributed by atoms with Crippen molar-refractivity contribution in [3.05, 3.63) is 64.2 Å². The number of nitriles is 1. The molecule has 0 bridgehead atoms. The molecular formula is C27H30N2O5S. The third-order valence-corrected chi connectivity index (χ3v) is 7.29. The van der Waals surface area contributed by atoms with Crippen LogP contribution < -0.4 is 14.2 Å². The lowest BCUT2D eigenvalue weighted by molar-refractivity contribution is -0.149. The third kappa shape index (κ3) is 4.71. The second-order valence-corrected chi connectivity index (χ2v) is 9.33. The standard InChI is InChI=1S/C27H30N2O5S/c1-4-13-34-23-12-7-18(14-24(23)33-6-3)21-15-25(30)29-26(22(21)16-28)35-17-27(29,31)19-8-10-20(11-9-19)32-5-2/h7-12,14,21,31H,4-6,13,15,17H2,1-3H3/t21-,27-/m1/s1. The maximum Gasteiger partial charge on any atom is 0.231 e. The van der Waals surface area contributed by atoms with Crippen LogP contribution in [0.1, 0.15) is 50.7 Å². The summed E-state index contributed by atoms with van der Waals surface area (Å²) in [7, 11) is 0. The maximum atomic E-state index is 13.4. The molecule has 2 heterocycles. The number of hydrogen-bond donors (Lipinski definition) is 1. The van der Waals surface area contributed by atoms with E-state index in [2.05, 4.69) is 6.07 Å². The second-order valence-electron chi connectivity index (χ2n) is 8.37. The number of ether oxygens (including phenoxy) is 3. The van der Waals surface area contributed by atoms with E-state index in [9.17, 15) is 15.2 Å². The van der Waals surface area contributed by atoms with Gasteiger partial charge >= 0.3 is 0 Å². The smallest absolute Gasteiger partial charge is 0.231 e. The molecule has 184 valence electrons. The van der Waals surface area contributed by atoms with Gasteiger partial charge in [-0.2, -0.15) is 5.26 Å². The maximum absolute atomic E-state index is 13.4. The molecule has 0 aliphatic carbocycles. The van der Waals surface area contributed by atoms with Gasteiger partial charge in [-0.25, -0.2) is 0 Å². The predicted molar refractivity (Wildman–Crippen MR) is 134 cm³/mol. The summed E-state index contributed by atoms with van der Waals surface area (Å²) in [6.45, 7) is 7.43. The summed E-state index contributed by atoms with van der Waals surface area (Å²) in [4.78, 5) is 14.8. The fourth-order valence-corrected chi connectivity index (χ4v) is 5.81. The number of carbonyl (C=O) groups excluding carboxylic acids is 1. The minimum atomic E-state index is -1.52. The SMILES string of the molecule is CCCOc1ccc([C@H]2CC(=O)N3C(=C2C#N)SC[C@@]3(O)c2ccc(OCC)cc2)cc1OCC. The van der Waals surface area contributed by atoms with Crippen LogP contribution in [0.25, 0.3) is 0 Å². The predicted octanol–water partition coefficient (Wildman–Crippen LogP) is 4.92. The van der Waals surface area contributed by atoms with Crippen LogP contribution in [0.2, 0.25) is 0 Å². The summed E-state index contributed by atoms with van der Waals surface area (Å²) in [6, 6.07) is 15.0. The van der Waals surface area contributed by atoms with E-state index >= 15 is 0 Å². The molecule has 2 aromatic carbocycles. The van der Waals surface area contributed by atoms with Gasteiger partial charge in [-0.15, -0.1) is 11.8 Å². The molecule has 1 saturated heterocycles. The largest absolute Gasteiger partial charge is 0.494 e. The number of thioether (sulfide) groups is 1. The lowest BCUT2D eigenvalue weighted by Crippen LogP contribution is -2.48. The molecule has 7 nitrogen and oxygen atoms in total. The van der Waals surface area contributed by atoms with Crippen molar-refractivity contribution in [1.82, 2.24) is 4.90 Å². The molecule has 2 atom stereocenters. The molecule has 2 aromatic rings. The highest BCUT2D eigenvalue weighted by molar-refractivity contribution is 8.03. The van der Waals surface area contributed by atoms with Crippen LogP contribution in [0.3, 0.4) is 0 Å². The highest BCUT2D eigenvalue weighted by Gasteiger charge is 2.51. The Balaban J connectivity index is 1.70. The summed E-state index contributed by atoms with van der Waals surface area (Å²) in [6.07, 6.45) is 0.951. The van der Waals surface area contributed by atoms with Crippen molar-refractivity contribution in [2.45, 2.75) is 45.3 Å². The molecule has 0 aromatic heterocycles. The minimum absolute atomic E-state index is 0.0764. The molecule has 0 saturated carbocycles. The molecule has 0 unspecified atom stereocenters. The molecule has 4 rings (SSSR count). The molecule has 1 amide bonds. The highest BCUT2D eigenvalue weighted by Crippen LogP contribution is 2.52. The van der Waals surface area contributed by atoms with E-state index in [0.29, 0.717) is 53.2 Å². The number of allylic oxidation sites excluding steroid dienone is 1. The first-order valence-corrected chi connectivity index (χ1v) is 12.9. The van der Waals surface area contributed by atoms with Gasteiger partial charge in [0.05, 0.1) is 42.2 Å². The van der Waals surface area contributed by atoms with Crippen LogP contribution in [0.15, 0.2) is 53.1 Å². The molecule has 2 aliphatic rings. The zero-order chi connectivity index (χ0) is 25.0. The fraction of sp³-hybridized carbons (Fsp3) is 0.407. The van der Waals surface area contributed by atoms with Gasteiger partial charge in [-0.05, 0) is 50.1 Å². The van der Waals surface area contributed by atoms with Gasteiger partial charge in [0.25, 0.3) is 0 Å². The fourth-order valence-electron chi connectivity index (χ4n) is 4.45. The highest BCUT2D eigenvalue weighted by atomic mass is 32.2. The van der Waals surface area contributed by atoms with Gasteiger partial charge in [-0.1, -0.05) is 25.1 Å². The monoisotopic (exact) mass is 494 g/mol. The Morgan fingerprint density at radius 2 is 1.83 bits per heavy atom. The Labute approximate surface area is 210 Å². The van der Waals surface area contributed by atoms with Crippen molar-refractivity contribution in [2.24, 2.45) is 0 Å². The average molecular weight is 495 g/mol. The molecule has 35 heavy (non-hydrogen) atoms. The minimum Gasteiger partial charge on any atom is -0.494 e. The molecule has 1 fully saturated rings. The zero-order valence-electron chi connectivity index (χ0n) is 20.2. The number of fused-ring (bicyclic) bond motifs is 1. The number of nitrogens with zero attached hydrogens (tertiary/aromatic N) is 2. The Kier molecular flexibility index (Phi) is 7.58. The van der Waals surface area contributed by atoms with Gasteiger partial charge in [0, 0.05) is 17.9 Å². The number of hydrogen-bond acceptors (Lipinski definition) is 7. The van der Waals surface area contributed by atoms with Gasteiger partial charge in [-0.3, -0.25) is 9.69 Å². The van der Waals surface area contributed by atoms with Gasteiger partial charge in [0.1, 0.15) is 5.75 Å². The Morgan fingerprint density at radius 1 is 1.09 bits per heavy atom. The number of aliphatic hydroxyl groups is 1. The van der Waals surface area contributed by atoms with Crippen molar-refractivity contribution < 1.29 is 24.1 Å². The van der Waals surface area contributed by atoms with E-state index in [-0.39, 0.29) is 18.1 Å². The van der Waals surface area contributed by atoms with Crippen LogP contribution in [0.5, 0.6) is 17.2 Å². The lowest BCUT2D eigenvalue weighted by Gasteiger charge is -2.38. The van der Waals surface area contributed by atoms with Crippen LogP contribution in [-0.2, 0) is 10.5 Å². The van der Waals surface area contributed by atoms with E-state index in [4.69, 9.17) is 14.2 Å². The normalized spacial score (nSPS) is 21.5. The van der Waals surface area contributed by atoms with Crippen molar-refractivity contribution in [1.29, 1.82) is 5.26 Å². The van der Waals surface area contributed by atoms with E-state index in [0.717, 1.165) is 12.0 Å². The van der Waals surface area contributed by atoms with Gasteiger partial charge in [0.2, 0.25) is 5.91 Å². The summed E-state index contributed by atoms with van der Waals surface area (Å²) >= 11 is 1.33. The first-order chi connectivity index (χ1) is 17.0. The summed E-state index contributed by atoms with van der Waals surface area (Å²) in [5.74, 6) is 1.53. The van der Waals surface area contributed by atoms with Gasteiger partial charge in [0.15, 0.2) is 17.2 Å². The summed E-state index contributed by atoms with van der Waals surface area (Å²) in [5.41, 5.74) is 0.347. The van der Waals surface area contributed by atoms with E-state index < -0.39 is 11.6 Å². The third-order valence-electron chi connectivity index (χ3n) is 6.07. The van der Waals surface area contributed by atoms with Crippen molar-refractivity contribution in [2.75, 3.05) is 25.6 Å². The molecule has 0 spiro atoms. The second kappa shape index (κ2) is 10.6. The first kappa shape index (κ1) is 25.0. The number of rotatable bonds is 9. The van der Waals surface area contributed by atoms with Crippen molar-refractivity contribution >= 4 is 17.7 Å². The van der Waals surface area contributed by atoms with Crippen LogP contribution >= 0.6 is 11.8 Å². The first-order valence-electron chi connectivity index (χ1n) is 11.9. The van der Waals surface area contributed by atoms with Crippen molar-refractivity contribution in [3.8, 4) is 23.3 Å². The van der Waals surface area contributed by atoms with Crippen molar-refractivity contribution in [3.63, 3.8) is 0 Å². The number of benzene rings is 2. The van der Waals surface area contributed by atoms with E-state index in [1.807, 2.05) is 39.0 Å². The summed E-state index contributed by atoms with van der Waals surface area (Å²) < 4.78 is 17.1. The lowest BCUT2D eigenvalue weighted by atomic mass is 9.85. The molecule has 0 radical (unpaired) electrons. The molecule has 2 aliphatic heterocycles. The van der Waals surface area contributed by atoms with E-state index in [1.165, 1.54) is 16.7 Å². The molecule has 8 heteroatoms. The quantitative estimate of drug-likeness (QED) is 0.529. The van der Waals surface area contributed by atoms with Crippen LogP contribution in [0.4, 0.5) is 0 Å². The average Bonchev–Trinajstić information content (AvgIpc) is 3.23. The van der Waals surface area contributed by atoms with Gasteiger partial charge < -0.3 is 19.3 Å². The molecule has 1 N–H and O–H groups in total. The Morgan fingerprint density at radius 3 is 2.49 bits per heavy atom. The number of carbonyl (C=O) groups is 1. The van der Waals surface area contributed by atoms with Crippen LogP contribution in [0, 0.1) is 11.3 Å². The van der Waals surface area contributed by atoms with Crippen LogP contribution in [-0.4, -0.2) is 41.5 Å². The number of amides is 1. The Hall–Kier alpha value is -3.15. The molecular weight excluding hydrogens is 464 g/mol. The van der Waals surface area contributed by atoms with E-state index in [1.54, 1.807) is 24.3 Å². The Bertz CT molecular complexity index is 1160.